The van der Waals surface area contributed by atoms with E-state index in [9.17, 15) is 5.11 Å². The summed E-state index contributed by atoms with van der Waals surface area (Å²) in [4.78, 5) is 2.18. The highest BCUT2D eigenvalue weighted by molar-refractivity contribution is 5.55. The fourth-order valence-electron chi connectivity index (χ4n) is 1.71. The van der Waals surface area contributed by atoms with E-state index >= 15 is 0 Å². The molecule has 2 rings (SSSR count). The van der Waals surface area contributed by atoms with Gasteiger partial charge in [0.05, 0.1) is 6.10 Å². The van der Waals surface area contributed by atoms with Gasteiger partial charge in [-0.1, -0.05) is 18.2 Å². The summed E-state index contributed by atoms with van der Waals surface area (Å²) in [6.07, 6.45) is 0.574. The van der Waals surface area contributed by atoms with Crippen molar-refractivity contribution in [2.45, 2.75) is 12.5 Å². The van der Waals surface area contributed by atoms with Crippen molar-refractivity contribution in [3.63, 3.8) is 0 Å². The Bertz CT molecular complexity index is 256. The van der Waals surface area contributed by atoms with Gasteiger partial charge in [-0.15, -0.1) is 0 Å². The zero-order valence-corrected chi connectivity index (χ0v) is 7.20. The molecule has 1 N–H and O–H groups in total. The number of benzene rings is 1. The van der Waals surface area contributed by atoms with Gasteiger partial charge in [0.15, 0.2) is 0 Å². The van der Waals surface area contributed by atoms with Crippen molar-refractivity contribution in [3.05, 3.63) is 29.8 Å². The van der Waals surface area contributed by atoms with Crippen LogP contribution in [0.5, 0.6) is 0 Å². The average molecular weight is 163 g/mol. The SMILES string of the molecule is CN1CC[C@@H](O)c2ccccc21. The van der Waals surface area contributed by atoms with Crippen LogP contribution in [0.3, 0.4) is 0 Å². The fraction of sp³-hybridized carbons (Fsp3) is 0.400. The zero-order chi connectivity index (χ0) is 8.55. The van der Waals surface area contributed by atoms with Gasteiger partial charge >= 0.3 is 0 Å². The van der Waals surface area contributed by atoms with Crippen molar-refractivity contribution in [1.29, 1.82) is 0 Å². The van der Waals surface area contributed by atoms with E-state index in [1.54, 1.807) is 0 Å². The van der Waals surface area contributed by atoms with Gasteiger partial charge < -0.3 is 10.0 Å². The molecule has 2 nitrogen and oxygen atoms in total. The molecule has 64 valence electrons. The molecule has 0 radical (unpaired) electrons. The minimum atomic E-state index is -0.266. The van der Waals surface area contributed by atoms with Gasteiger partial charge in [-0.25, -0.2) is 0 Å². The van der Waals surface area contributed by atoms with E-state index in [1.165, 1.54) is 0 Å². The molecule has 0 aromatic heterocycles. The van der Waals surface area contributed by atoms with E-state index in [2.05, 4.69) is 18.0 Å². The highest BCUT2D eigenvalue weighted by Gasteiger charge is 2.19. The molecule has 0 aliphatic carbocycles. The summed E-state index contributed by atoms with van der Waals surface area (Å²) < 4.78 is 0. The van der Waals surface area contributed by atoms with E-state index in [-0.39, 0.29) is 6.10 Å². The maximum absolute atomic E-state index is 9.65. The fourth-order valence-corrected chi connectivity index (χ4v) is 1.71. The molecule has 1 aromatic rings. The Labute approximate surface area is 72.4 Å². The molecule has 0 unspecified atom stereocenters. The maximum atomic E-state index is 9.65. The average Bonchev–Trinajstić information content (AvgIpc) is 2.12. The number of hydrogen-bond donors (Lipinski definition) is 1. The quantitative estimate of drug-likeness (QED) is 0.627. The molecule has 1 aliphatic heterocycles. The van der Waals surface area contributed by atoms with Crippen LogP contribution in [-0.4, -0.2) is 18.7 Å². The molecule has 1 atom stereocenters. The summed E-state index contributed by atoms with van der Waals surface area (Å²) in [5.74, 6) is 0. The van der Waals surface area contributed by atoms with Gasteiger partial charge in [0.2, 0.25) is 0 Å². The summed E-state index contributed by atoms with van der Waals surface area (Å²) >= 11 is 0. The first-order valence-corrected chi connectivity index (χ1v) is 4.27. The summed E-state index contributed by atoms with van der Waals surface area (Å²) in [5.41, 5.74) is 2.22. The second kappa shape index (κ2) is 2.79. The summed E-state index contributed by atoms with van der Waals surface area (Å²) in [6.45, 7) is 0.943. The Morgan fingerprint density at radius 1 is 1.42 bits per heavy atom. The van der Waals surface area contributed by atoms with Crippen molar-refractivity contribution in [2.24, 2.45) is 0 Å². The number of hydrogen-bond acceptors (Lipinski definition) is 2. The zero-order valence-electron chi connectivity index (χ0n) is 7.20. The maximum Gasteiger partial charge on any atom is 0.0826 e. The third-order valence-corrected chi connectivity index (χ3v) is 2.44. The lowest BCUT2D eigenvalue weighted by Gasteiger charge is -2.30. The highest BCUT2D eigenvalue weighted by atomic mass is 16.3. The minimum absolute atomic E-state index is 0.266. The van der Waals surface area contributed by atoms with Crippen LogP contribution >= 0.6 is 0 Å². The number of fused-ring (bicyclic) bond motifs is 1. The molecular formula is C10H13NO. The monoisotopic (exact) mass is 163 g/mol. The van der Waals surface area contributed by atoms with E-state index in [0.29, 0.717) is 0 Å². The molecule has 0 bridgehead atoms. The predicted molar refractivity (Wildman–Crippen MR) is 49.3 cm³/mol. The Hall–Kier alpha value is -1.02. The largest absolute Gasteiger partial charge is 0.388 e. The van der Waals surface area contributed by atoms with E-state index in [0.717, 1.165) is 24.2 Å². The van der Waals surface area contributed by atoms with Crippen molar-refractivity contribution >= 4 is 5.69 Å². The second-order valence-corrected chi connectivity index (χ2v) is 3.28. The van der Waals surface area contributed by atoms with Crippen molar-refractivity contribution in [1.82, 2.24) is 0 Å². The topological polar surface area (TPSA) is 23.5 Å². The van der Waals surface area contributed by atoms with Crippen LogP contribution in [0, 0.1) is 0 Å². The van der Waals surface area contributed by atoms with Gasteiger partial charge in [-0.05, 0) is 12.5 Å². The van der Waals surface area contributed by atoms with Crippen LogP contribution in [0.2, 0.25) is 0 Å². The lowest BCUT2D eigenvalue weighted by Crippen LogP contribution is -2.26. The van der Waals surface area contributed by atoms with E-state index < -0.39 is 0 Å². The molecule has 2 heteroatoms. The lowest BCUT2D eigenvalue weighted by molar-refractivity contribution is 0.165. The first-order valence-electron chi connectivity index (χ1n) is 4.27. The first kappa shape index (κ1) is 7.62. The molecule has 0 spiro atoms. The molecule has 1 heterocycles. The molecule has 12 heavy (non-hydrogen) atoms. The first-order chi connectivity index (χ1) is 5.79. The van der Waals surface area contributed by atoms with Crippen LogP contribution in [0.1, 0.15) is 18.1 Å². The van der Waals surface area contributed by atoms with Crippen LogP contribution < -0.4 is 4.90 Å². The number of rotatable bonds is 0. The smallest absolute Gasteiger partial charge is 0.0826 e. The molecule has 0 fully saturated rings. The third kappa shape index (κ3) is 1.08. The third-order valence-electron chi connectivity index (χ3n) is 2.44. The van der Waals surface area contributed by atoms with Gasteiger partial charge in [-0.2, -0.15) is 0 Å². The number of para-hydroxylation sites is 1. The highest BCUT2D eigenvalue weighted by Crippen LogP contribution is 2.31. The molecule has 0 amide bonds. The molecular weight excluding hydrogens is 150 g/mol. The van der Waals surface area contributed by atoms with Gasteiger partial charge in [0.25, 0.3) is 0 Å². The Morgan fingerprint density at radius 3 is 2.92 bits per heavy atom. The van der Waals surface area contributed by atoms with Crippen molar-refractivity contribution in [3.8, 4) is 0 Å². The van der Waals surface area contributed by atoms with Gasteiger partial charge in [0.1, 0.15) is 0 Å². The van der Waals surface area contributed by atoms with Crippen LogP contribution in [0.15, 0.2) is 24.3 Å². The van der Waals surface area contributed by atoms with E-state index in [4.69, 9.17) is 0 Å². The number of aliphatic hydroxyl groups is 1. The normalized spacial score (nSPS) is 22.2. The summed E-state index contributed by atoms with van der Waals surface area (Å²) in [7, 11) is 2.06. The Kier molecular flexibility index (Phi) is 1.77. The molecule has 1 aliphatic rings. The summed E-state index contributed by atoms with van der Waals surface area (Å²) in [6, 6.07) is 8.03. The van der Waals surface area contributed by atoms with E-state index in [1.807, 2.05) is 18.2 Å². The molecule has 1 aromatic carbocycles. The number of aliphatic hydroxyl groups excluding tert-OH is 1. The molecule has 0 saturated carbocycles. The lowest BCUT2D eigenvalue weighted by atomic mass is 10.00. The van der Waals surface area contributed by atoms with Crippen LogP contribution in [0.4, 0.5) is 5.69 Å². The van der Waals surface area contributed by atoms with Crippen LogP contribution in [0.25, 0.3) is 0 Å². The number of nitrogens with zero attached hydrogens (tertiary/aromatic N) is 1. The predicted octanol–water partition coefficient (Wildman–Crippen LogP) is 1.56. The Balaban J connectivity index is 2.47. The Morgan fingerprint density at radius 2 is 2.17 bits per heavy atom. The summed E-state index contributed by atoms with van der Waals surface area (Å²) in [5, 5.41) is 9.65. The van der Waals surface area contributed by atoms with Crippen LogP contribution in [-0.2, 0) is 0 Å². The standard InChI is InChI=1S/C10H13NO/c1-11-7-6-10(12)8-4-2-3-5-9(8)11/h2-5,10,12H,6-7H2,1H3/t10-/m1/s1. The van der Waals surface area contributed by atoms with Gasteiger partial charge in [0, 0.05) is 24.8 Å². The van der Waals surface area contributed by atoms with Gasteiger partial charge in [-0.3, -0.25) is 0 Å². The van der Waals surface area contributed by atoms with Crippen molar-refractivity contribution in [2.75, 3.05) is 18.5 Å². The second-order valence-electron chi connectivity index (χ2n) is 3.28. The number of anilines is 1. The minimum Gasteiger partial charge on any atom is -0.388 e. The van der Waals surface area contributed by atoms with Crippen molar-refractivity contribution < 1.29 is 5.11 Å². The molecule has 0 saturated heterocycles.